The SMILES string of the molecule is CC(C)=CCCC(C)NC1CCN(C)CC1. The van der Waals surface area contributed by atoms with E-state index in [1.807, 2.05) is 0 Å². The molecular formula is C14H28N2. The van der Waals surface area contributed by atoms with Gasteiger partial charge in [-0.05, 0) is 66.6 Å². The molecule has 16 heavy (non-hydrogen) atoms. The van der Waals surface area contributed by atoms with Crippen molar-refractivity contribution in [3.05, 3.63) is 11.6 Å². The molecule has 1 atom stereocenters. The lowest BCUT2D eigenvalue weighted by Crippen LogP contribution is -2.44. The summed E-state index contributed by atoms with van der Waals surface area (Å²) >= 11 is 0. The molecule has 0 aromatic carbocycles. The van der Waals surface area contributed by atoms with Gasteiger partial charge in [0.05, 0.1) is 0 Å². The number of piperidine rings is 1. The summed E-state index contributed by atoms with van der Waals surface area (Å²) in [5.74, 6) is 0. The van der Waals surface area contributed by atoms with E-state index in [0.29, 0.717) is 6.04 Å². The first kappa shape index (κ1) is 13.7. The molecule has 0 spiro atoms. The Kier molecular flexibility index (Phi) is 6.07. The maximum absolute atomic E-state index is 3.76. The molecule has 94 valence electrons. The summed E-state index contributed by atoms with van der Waals surface area (Å²) in [5, 5.41) is 3.76. The molecule has 1 saturated heterocycles. The Bertz CT molecular complexity index is 211. The first-order valence-corrected chi connectivity index (χ1v) is 6.66. The highest BCUT2D eigenvalue weighted by Gasteiger charge is 2.17. The molecule has 0 radical (unpaired) electrons. The largest absolute Gasteiger partial charge is 0.311 e. The summed E-state index contributed by atoms with van der Waals surface area (Å²) < 4.78 is 0. The minimum atomic E-state index is 0.656. The van der Waals surface area contributed by atoms with E-state index in [2.05, 4.69) is 44.1 Å². The number of likely N-dealkylation sites (tertiary alicyclic amines) is 1. The van der Waals surface area contributed by atoms with E-state index in [-0.39, 0.29) is 0 Å². The maximum Gasteiger partial charge on any atom is 0.00938 e. The van der Waals surface area contributed by atoms with Gasteiger partial charge in [-0.3, -0.25) is 0 Å². The van der Waals surface area contributed by atoms with Crippen LogP contribution >= 0.6 is 0 Å². The van der Waals surface area contributed by atoms with Crippen molar-refractivity contribution in [3.63, 3.8) is 0 Å². The monoisotopic (exact) mass is 224 g/mol. The van der Waals surface area contributed by atoms with Crippen molar-refractivity contribution in [3.8, 4) is 0 Å². The first-order valence-electron chi connectivity index (χ1n) is 6.66. The minimum Gasteiger partial charge on any atom is -0.311 e. The van der Waals surface area contributed by atoms with Crippen LogP contribution in [0, 0.1) is 0 Å². The summed E-state index contributed by atoms with van der Waals surface area (Å²) in [6.07, 6.45) is 7.43. The lowest BCUT2D eigenvalue weighted by molar-refractivity contribution is 0.225. The molecule has 1 rings (SSSR count). The van der Waals surface area contributed by atoms with Crippen molar-refractivity contribution >= 4 is 0 Å². The molecule has 1 aliphatic heterocycles. The molecule has 0 aromatic rings. The van der Waals surface area contributed by atoms with Gasteiger partial charge in [-0.1, -0.05) is 11.6 Å². The Balaban J connectivity index is 2.14. The first-order chi connectivity index (χ1) is 7.58. The Morgan fingerprint density at radius 3 is 2.56 bits per heavy atom. The summed E-state index contributed by atoms with van der Waals surface area (Å²) in [7, 11) is 2.22. The van der Waals surface area contributed by atoms with Crippen LogP contribution < -0.4 is 5.32 Å². The van der Waals surface area contributed by atoms with Gasteiger partial charge in [0, 0.05) is 12.1 Å². The second-order valence-corrected chi connectivity index (χ2v) is 5.50. The standard InChI is InChI=1S/C14H28N2/c1-12(2)6-5-7-13(3)15-14-8-10-16(4)11-9-14/h6,13-15H,5,7-11H2,1-4H3. The molecule has 1 fully saturated rings. The Morgan fingerprint density at radius 1 is 1.38 bits per heavy atom. The molecule has 0 aliphatic carbocycles. The molecule has 1 N–H and O–H groups in total. The zero-order valence-electron chi connectivity index (χ0n) is 11.4. The predicted molar refractivity (Wildman–Crippen MR) is 71.8 cm³/mol. The quantitative estimate of drug-likeness (QED) is 0.722. The van der Waals surface area contributed by atoms with Crippen molar-refractivity contribution in [1.29, 1.82) is 0 Å². The van der Waals surface area contributed by atoms with Crippen LogP contribution in [0.2, 0.25) is 0 Å². The summed E-state index contributed by atoms with van der Waals surface area (Å²) in [6.45, 7) is 9.16. The normalized spacial score (nSPS) is 20.8. The van der Waals surface area contributed by atoms with Gasteiger partial charge in [0.25, 0.3) is 0 Å². The van der Waals surface area contributed by atoms with E-state index in [4.69, 9.17) is 0 Å². The maximum atomic E-state index is 3.76. The van der Waals surface area contributed by atoms with Gasteiger partial charge >= 0.3 is 0 Å². The van der Waals surface area contributed by atoms with Gasteiger partial charge in [-0.25, -0.2) is 0 Å². The van der Waals surface area contributed by atoms with E-state index < -0.39 is 0 Å². The third-order valence-corrected chi connectivity index (χ3v) is 3.39. The molecule has 1 aliphatic rings. The predicted octanol–water partition coefficient (Wildman–Crippen LogP) is 2.81. The third-order valence-electron chi connectivity index (χ3n) is 3.39. The Morgan fingerprint density at radius 2 is 2.00 bits per heavy atom. The average molecular weight is 224 g/mol. The van der Waals surface area contributed by atoms with Crippen LogP contribution in [0.15, 0.2) is 11.6 Å². The molecule has 1 unspecified atom stereocenters. The number of hydrogen-bond acceptors (Lipinski definition) is 2. The molecule has 0 aromatic heterocycles. The smallest absolute Gasteiger partial charge is 0.00938 e. The highest BCUT2D eigenvalue weighted by Crippen LogP contribution is 2.10. The van der Waals surface area contributed by atoms with Crippen molar-refractivity contribution < 1.29 is 0 Å². The summed E-state index contributed by atoms with van der Waals surface area (Å²) in [5.41, 5.74) is 1.44. The highest BCUT2D eigenvalue weighted by molar-refractivity contribution is 4.93. The molecular weight excluding hydrogens is 196 g/mol. The van der Waals surface area contributed by atoms with Gasteiger partial charge in [0.15, 0.2) is 0 Å². The van der Waals surface area contributed by atoms with Crippen molar-refractivity contribution in [2.75, 3.05) is 20.1 Å². The van der Waals surface area contributed by atoms with Gasteiger partial charge < -0.3 is 10.2 Å². The van der Waals surface area contributed by atoms with Gasteiger partial charge in [-0.2, -0.15) is 0 Å². The number of rotatable bonds is 5. The zero-order chi connectivity index (χ0) is 12.0. The van der Waals surface area contributed by atoms with Crippen LogP contribution in [0.25, 0.3) is 0 Å². The summed E-state index contributed by atoms with van der Waals surface area (Å²) in [6, 6.07) is 1.40. The van der Waals surface area contributed by atoms with Crippen molar-refractivity contribution in [2.45, 2.75) is 58.5 Å². The highest BCUT2D eigenvalue weighted by atomic mass is 15.1. The molecule has 0 bridgehead atoms. The third kappa shape index (κ3) is 5.66. The fourth-order valence-corrected chi connectivity index (χ4v) is 2.28. The van der Waals surface area contributed by atoms with Crippen LogP contribution in [0.5, 0.6) is 0 Å². The van der Waals surface area contributed by atoms with Crippen LogP contribution in [0.1, 0.15) is 46.5 Å². The Labute approximate surface area is 101 Å². The second kappa shape index (κ2) is 7.08. The molecule has 0 amide bonds. The van der Waals surface area contributed by atoms with Gasteiger partial charge in [0.1, 0.15) is 0 Å². The Hall–Kier alpha value is -0.340. The molecule has 2 nitrogen and oxygen atoms in total. The molecule has 1 heterocycles. The molecule has 0 saturated carbocycles. The van der Waals surface area contributed by atoms with Crippen LogP contribution in [-0.2, 0) is 0 Å². The van der Waals surface area contributed by atoms with E-state index >= 15 is 0 Å². The van der Waals surface area contributed by atoms with E-state index in [1.165, 1.54) is 44.3 Å². The number of nitrogens with one attached hydrogen (secondary N) is 1. The van der Waals surface area contributed by atoms with Gasteiger partial charge in [-0.15, -0.1) is 0 Å². The minimum absolute atomic E-state index is 0.656. The lowest BCUT2D eigenvalue weighted by Gasteiger charge is -2.31. The molecule has 2 heteroatoms. The van der Waals surface area contributed by atoms with Gasteiger partial charge in [0.2, 0.25) is 0 Å². The summed E-state index contributed by atoms with van der Waals surface area (Å²) in [4.78, 5) is 2.42. The number of allylic oxidation sites excluding steroid dienone is 2. The van der Waals surface area contributed by atoms with E-state index in [1.54, 1.807) is 0 Å². The average Bonchev–Trinajstić information content (AvgIpc) is 2.21. The number of nitrogens with zero attached hydrogens (tertiary/aromatic N) is 1. The van der Waals surface area contributed by atoms with E-state index in [9.17, 15) is 0 Å². The fourth-order valence-electron chi connectivity index (χ4n) is 2.28. The van der Waals surface area contributed by atoms with Crippen LogP contribution in [0.3, 0.4) is 0 Å². The lowest BCUT2D eigenvalue weighted by atomic mass is 10.0. The van der Waals surface area contributed by atoms with E-state index in [0.717, 1.165) is 6.04 Å². The fraction of sp³-hybridized carbons (Fsp3) is 0.857. The zero-order valence-corrected chi connectivity index (χ0v) is 11.4. The van der Waals surface area contributed by atoms with Crippen LogP contribution in [0.4, 0.5) is 0 Å². The van der Waals surface area contributed by atoms with Crippen molar-refractivity contribution in [2.24, 2.45) is 0 Å². The number of hydrogen-bond donors (Lipinski definition) is 1. The van der Waals surface area contributed by atoms with Crippen molar-refractivity contribution in [1.82, 2.24) is 10.2 Å². The van der Waals surface area contributed by atoms with Crippen LogP contribution in [-0.4, -0.2) is 37.1 Å². The second-order valence-electron chi connectivity index (χ2n) is 5.50. The topological polar surface area (TPSA) is 15.3 Å².